The van der Waals surface area contributed by atoms with Gasteiger partial charge in [0.2, 0.25) is 5.95 Å². The summed E-state index contributed by atoms with van der Waals surface area (Å²) in [6.07, 6.45) is 7.33. The zero-order valence-electron chi connectivity index (χ0n) is 15.0. The van der Waals surface area contributed by atoms with Crippen molar-refractivity contribution in [1.29, 1.82) is 0 Å². The smallest absolute Gasteiger partial charge is 0.255 e. The van der Waals surface area contributed by atoms with Crippen molar-refractivity contribution < 1.29 is 14.3 Å². The van der Waals surface area contributed by atoms with Gasteiger partial charge in [0.25, 0.3) is 5.91 Å². The molecule has 7 nitrogen and oxygen atoms in total. The predicted molar refractivity (Wildman–Crippen MR) is 96.6 cm³/mol. The Morgan fingerprint density at radius 1 is 1.22 bits per heavy atom. The van der Waals surface area contributed by atoms with E-state index in [2.05, 4.69) is 15.0 Å². The van der Waals surface area contributed by atoms with E-state index in [-0.39, 0.29) is 11.3 Å². The lowest BCUT2D eigenvalue weighted by Gasteiger charge is -2.49. The fourth-order valence-electron chi connectivity index (χ4n) is 4.19. The van der Waals surface area contributed by atoms with Gasteiger partial charge in [-0.15, -0.1) is 0 Å². The van der Waals surface area contributed by atoms with Gasteiger partial charge in [0.05, 0.1) is 24.1 Å². The molecule has 2 aromatic heterocycles. The molecule has 2 aromatic rings. The summed E-state index contributed by atoms with van der Waals surface area (Å²) in [4.78, 5) is 28.7. The number of likely N-dealkylation sites (tertiary alicyclic amines) is 1. The first kappa shape index (κ1) is 17.8. The van der Waals surface area contributed by atoms with Crippen molar-refractivity contribution in [3.63, 3.8) is 0 Å². The number of aliphatic hydroxyl groups is 1. The van der Waals surface area contributed by atoms with E-state index in [1.54, 1.807) is 29.4 Å². The van der Waals surface area contributed by atoms with Crippen molar-refractivity contribution in [2.45, 2.75) is 25.4 Å². The normalized spacial score (nSPS) is 22.1. The number of pyridine rings is 1. The van der Waals surface area contributed by atoms with Crippen LogP contribution in [0.2, 0.25) is 0 Å². The van der Waals surface area contributed by atoms with Gasteiger partial charge in [-0.3, -0.25) is 9.78 Å². The number of nitrogens with zero attached hydrogens (tertiary/aromatic N) is 5. The Kier molecular flexibility index (Phi) is 4.73. The number of carbonyl (C=O) groups is 1. The van der Waals surface area contributed by atoms with Gasteiger partial charge >= 0.3 is 0 Å². The minimum absolute atomic E-state index is 0.0921. The third kappa shape index (κ3) is 3.75. The first-order chi connectivity index (χ1) is 13.0. The Morgan fingerprint density at radius 2 is 1.96 bits per heavy atom. The summed E-state index contributed by atoms with van der Waals surface area (Å²) in [5.74, 6) is -0.0244. The third-order valence-corrected chi connectivity index (χ3v) is 5.54. The van der Waals surface area contributed by atoms with Crippen LogP contribution in [0.3, 0.4) is 0 Å². The van der Waals surface area contributed by atoms with Crippen LogP contribution in [0.5, 0.6) is 0 Å². The molecule has 2 aliphatic rings. The summed E-state index contributed by atoms with van der Waals surface area (Å²) in [6.45, 7) is 2.40. The van der Waals surface area contributed by atoms with Gasteiger partial charge in [0.1, 0.15) is 0 Å². The van der Waals surface area contributed by atoms with Crippen molar-refractivity contribution in [1.82, 2.24) is 19.9 Å². The first-order valence-electron chi connectivity index (χ1n) is 9.15. The van der Waals surface area contributed by atoms with Crippen LogP contribution < -0.4 is 4.90 Å². The molecule has 142 valence electrons. The van der Waals surface area contributed by atoms with E-state index in [0.717, 1.165) is 12.8 Å². The number of halogens is 1. The first-order valence-corrected chi connectivity index (χ1v) is 9.15. The summed E-state index contributed by atoms with van der Waals surface area (Å²) >= 11 is 0. The molecule has 1 spiro atoms. The molecule has 2 saturated heterocycles. The molecule has 0 bridgehead atoms. The van der Waals surface area contributed by atoms with E-state index < -0.39 is 11.9 Å². The van der Waals surface area contributed by atoms with E-state index in [9.17, 15) is 14.3 Å². The maximum absolute atomic E-state index is 13.0. The number of hydrogen-bond acceptors (Lipinski definition) is 6. The molecule has 1 N–H and O–H groups in total. The van der Waals surface area contributed by atoms with Crippen LogP contribution in [0.25, 0.3) is 0 Å². The molecule has 0 aliphatic carbocycles. The highest BCUT2D eigenvalue weighted by Gasteiger charge is 2.43. The molecule has 1 amide bonds. The predicted octanol–water partition coefficient (Wildman–Crippen LogP) is 1.50. The van der Waals surface area contributed by atoms with Crippen LogP contribution in [-0.4, -0.2) is 63.1 Å². The van der Waals surface area contributed by atoms with E-state index in [4.69, 9.17) is 0 Å². The number of hydrogen-bond donors (Lipinski definition) is 1. The molecule has 0 saturated carbocycles. The molecular formula is C19H22FN5O2. The van der Waals surface area contributed by atoms with Crippen LogP contribution in [0, 0.1) is 11.2 Å². The second kappa shape index (κ2) is 7.19. The van der Waals surface area contributed by atoms with Gasteiger partial charge < -0.3 is 14.9 Å². The van der Waals surface area contributed by atoms with E-state index >= 15 is 0 Å². The monoisotopic (exact) mass is 371 g/mol. The second-order valence-corrected chi connectivity index (χ2v) is 7.47. The summed E-state index contributed by atoms with van der Waals surface area (Å²) < 4.78 is 13.0. The number of carbonyl (C=O) groups excluding carboxylic acids is 1. The number of aliphatic hydroxyl groups excluding tert-OH is 1. The van der Waals surface area contributed by atoms with Crippen LogP contribution in [0.1, 0.15) is 29.6 Å². The van der Waals surface area contributed by atoms with E-state index in [1.165, 1.54) is 12.4 Å². The van der Waals surface area contributed by atoms with Gasteiger partial charge in [-0.2, -0.15) is 0 Å². The van der Waals surface area contributed by atoms with Crippen LogP contribution in [0.4, 0.5) is 10.3 Å². The molecule has 27 heavy (non-hydrogen) atoms. The van der Waals surface area contributed by atoms with Crippen molar-refractivity contribution in [2.75, 3.05) is 31.1 Å². The van der Waals surface area contributed by atoms with E-state index in [1.807, 2.05) is 4.90 Å². The van der Waals surface area contributed by atoms with E-state index in [0.29, 0.717) is 44.1 Å². The minimum atomic E-state index is -0.534. The maximum atomic E-state index is 13.0. The van der Waals surface area contributed by atoms with Crippen molar-refractivity contribution in [3.05, 3.63) is 48.3 Å². The molecule has 1 atom stereocenters. The maximum Gasteiger partial charge on any atom is 0.255 e. The highest BCUT2D eigenvalue weighted by Crippen LogP contribution is 2.40. The lowest BCUT2D eigenvalue weighted by atomic mass is 9.71. The molecule has 0 radical (unpaired) electrons. The lowest BCUT2D eigenvalue weighted by Crippen LogP contribution is -2.55. The number of aromatic nitrogens is 3. The van der Waals surface area contributed by atoms with Crippen molar-refractivity contribution in [2.24, 2.45) is 5.41 Å². The standard InChI is InChI=1S/C19H22FN5O2/c20-15-10-22-18(23-11-15)24-6-3-19(4-7-24)8-16(26)12-25(13-19)17(27)14-2-1-5-21-9-14/h1-2,5,9-11,16,26H,3-4,6-8,12-13H2. The Morgan fingerprint density at radius 3 is 2.63 bits per heavy atom. The van der Waals surface area contributed by atoms with Crippen LogP contribution >= 0.6 is 0 Å². The summed E-state index contributed by atoms with van der Waals surface area (Å²) in [7, 11) is 0. The Hall–Kier alpha value is -2.61. The molecular weight excluding hydrogens is 349 g/mol. The SMILES string of the molecule is O=C(c1cccnc1)N1CC(O)CC2(CCN(c3ncc(F)cn3)CC2)C1. The van der Waals surface area contributed by atoms with Gasteiger partial charge in [0.15, 0.2) is 5.82 Å². The molecule has 4 heterocycles. The molecule has 2 aliphatic heterocycles. The zero-order valence-corrected chi connectivity index (χ0v) is 15.0. The molecule has 0 aromatic carbocycles. The third-order valence-electron chi connectivity index (χ3n) is 5.54. The quantitative estimate of drug-likeness (QED) is 0.862. The Bertz CT molecular complexity index is 794. The number of anilines is 1. The molecule has 2 fully saturated rings. The van der Waals surface area contributed by atoms with Gasteiger partial charge in [-0.25, -0.2) is 14.4 Å². The lowest BCUT2D eigenvalue weighted by molar-refractivity contribution is -0.0151. The average Bonchev–Trinajstić information content (AvgIpc) is 2.69. The average molecular weight is 371 g/mol. The summed E-state index contributed by atoms with van der Waals surface area (Å²) in [5, 5.41) is 10.4. The second-order valence-electron chi connectivity index (χ2n) is 7.47. The Balaban J connectivity index is 1.45. The summed E-state index contributed by atoms with van der Waals surface area (Å²) in [5.41, 5.74) is 0.422. The highest BCUT2D eigenvalue weighted by atomic mass is 19.1. The molecule has 1 unspecified atom stereocenters. The fourth-order valence-corrected chi connectivity index (χ4v) is 4.19. The molecule has 8 heteroatoms. The van der Waals surface area contributed by atoms with Crippen molar-refractivity contribution >= 4 is 11.9 Å². The van der Waals surface area contributed by atoms with Crippen LogP contribution in [-0.2, 0) is 0 Å². The van der Waals surface area contributed by atoms with Crippen LogP contribution in [0.15, 0.2) is 36.9 Å². The highest BCUT2D eigenvalue weighted by molar-refractivity contribution is 5.94. The topological polar surface area (TPSA) is 82.5 Å². The number of amides is 1. The summed E-state index contributed by atoms with van der Waals surface area (Å²) in [6, 6.07) is 3.49. The van der Waals surface area contributed by atoms with Gasteiger partial charge in [0, 0.05) is 38.6 Å². The largest absolute Gasteiger partial charge is 0.391 e. The van der Waals surface area contributed by atoms with Crippen molar-refractivity contribution in [3.8, 4) is 0 Å². The number of piperidine rings is 2. The Labute approximate surface area is 156 Å². The number of β-amino-alcohol motifs (C(OH)–C–C–N with tert-alkyl or cyclic N) is 1. The fraction of sp³-hybridized carbons (Fsp3) is 0.474. The van der Waals surface area contributed by atoms with Gasteiger partial charge in [-0.1, -0.05) is 0 Å². The minimum Gasteiger partial charge on any atom is -0.391 e. The molecule has 4 rings (SSSR count). The zero-order chi connectivity index (χ0) is 18.9. The van der Waals surface area contributed by atoms with Gasteiger partial charge in [-0.05, 0) is 36.8 Å². The number of rotatable bonds is 2.